The maximum absolute atomic E-state index is 11.7. The fourth-order valence-corrected chi connectivity index (χ4v) is 2.42. The lowest BCUT2D eigenvalue weighted by Crippen LogP contribution is -2.31. The second-order valence-corrected chi connectivity index (χ2v) is 5.14. The van der Waals surface area contributed by atoms with Crippen LogP contribution < -0.4 is 9.47 Å². The Bertz CT molecular complexity index is 605. The molecule has 0 unspecified atom stereocenters. The van der Waals surface area contributed by atoms with Gasteiger partial charge in [0, 0.05) is 19.2 Å². The van der Waals surface area contributed by atoms with Crippen LogP contribution in [0.2, 0.25) is 0 Å². The summed E-state index contributed by atoms with van der Waals surface area (Å²) in [7, 11) is 0. The molecular formula is C16H17NO5. The number of carbonyl (C=O) groups is 2. The fourth-order valence-electron chi connectivity index (χ4n) is 2.42. The number of nitrogens with zero attached hydrogens (tertiary/aromatic N) is 1. The van der Waals surface area contributed by atoms with Crippen LogP contribution in [0, 0.1) is 0 Å². The standard InChI is InChI=1S/C16H17NO5/c18-15(17-7-1-2-8-17)10-20-16(19)6-4-12-3-5-13-14(9-12)22-11-21-13/h3-6,9H,1-2,7-8,10-11H2/b6-4+. The third-order valence-electron chi connectivity index (χ3n) is 3.61. The van der Waals surface area contributed by atoms with Crippen molar-refractivity contribution in [2.24, 2.45) is 0 Å². The van der Waals surface area contributed by atoms with Crippen LogP contribution >= 0.6 is 0 Å². The van der Waals surface area contributed by atoms with Gasteiger partial charge >= 0.3 is 5.97 Å². The number of benzene rings is 1. The average molecular weight is 303 g/mol. The number of rotatable bonds is 4. The predicted octanol–water partition coefficient (Wildman–Crippen LogP) is 1.59. The maximum Gasteiger partial charge on any atom is 0.331 e. The third-order valence-corrected chi connectivity index (χ3v) is 3.61. The summed E-state index contributed by atoms with van der Waals surface area (Å²) in [4.78, 5) is 25.1. The van der Waals surface area contributed by atoms with Crippen LogP contribution in [0.1, 0.15) is 18.4 Å². The minimum atomic E-state index is -0.537. The van der Waals surface area contributed by atoms with E-state index in [0.29, 0.717) is 11.5 Å². The number of hydrogen-bond acceptors (Lipinski definition) is 5. The van der Waals surface area contributed by atoms with E-state index >= 15 is 0 Å². The van der Waals surface area contributed by atoms with Gasteiger partial charge in [0.25, 0.3) is 5.91 Å². The summed E-state index contributed by atoms with van der Waals surface area (Å²) in [5, 5.41) is 0. The molecule has 3 rings (SSSR count). The Morgan fingerprint density at radius 3 is 2.77 bits per heavy atom. The summed E-state index contributed by atoms with van der Waals surface area (Å²) in [5.41, 5.74) is 0.798. The normalized spacial score (nSPS) is 16.3. The van der Waals surface area contributed by atoms with E-state index in [0.717, 1.165) is 31.5 Å². The van der Waals surface area contributed by atoms with Gasteiger partial charge in [0.2, 0.25) is 6.79 Å². The molecule has 2 aliphatic rings. The molecule has 1 saturated heterocycles. The number of esters is 1. The highest BCUT2D eigenvalue weighted by molar-refractivity contribution is 5.89. The van der Waals surface area contributed by atoms with Crippen molar-refractivity contribution < 1.29 is 23.8 Å². The van der Waals surface area contributed by atoms with Crippen LogP contribution in [-0.2, 0) is 14.3 Å². The molecule has 0 aromatic heterocycles. The number of carbonyl (C=O) groups excluding carboxylic acids is 2. The Morgan fingerprint density at radius 1 is 1.18 bits per heavy atom. The minimum absolute atomic E-state index is 0.137. The van der Waals surface area contributed by atoms with Crippen molar-refractivity contribution in [3.63, 3.8) is 0 Å². The minimum Gasteiger partial charge on any atom is -0.454 e. The van der Waals surface area contributed by atoms with E-state index in [2.05, 4.69) is 0 Å². The number of hydrogen-bond donors (Lipinski definition) is 0. The molecule has 2 heterocycles. The van der Waals surface area contributed by atoms with Gasteiger partial charge in [-0.3, -0.25) is 4.79 Å². The van der Waals surface area contributed by atoms with Crippen molar-refractivity contribution in [2.45, 2.75) is 12.8 Å². The van der Waals surface area contributed by atoms with Crippen LogP contribution in [0.25, 0.3) is 6.08 Å². The lowest BCUT2D eigenvalue weighted by atomic mass is 10.2. The Hall–Kier alpha value is -2.50. The van der Waals surface area contributed by atoms with Crippen LogP contribution in [0.4, 0.5) is 0 Å². The van der Waals surface area contributed by atoms with Crippen molar-refractivity contribution in [3.05, 3.63) is 29.8 Å². The lowest BCUT2D eigenvalue weighted by molar-refractivity contribution is -0.147. The second-order valence-electron chi connectivity index (χ2n) is 5.14. The molecule has 1 fully saturated rings. The smallest absolute Gasteiger partial charge is 0.331 e. The quantitative estimate of drug-likeness (QED) is 0.624. The van der Waals surface area contributed by atoms with Gasteiger partial charge in [-0.05, 0) is 36.6 Å². The molecule has 1 aromatic carbocycles. The van der Waals surface area contributed by atoms with Crippen LogP contribution in [0.5, 0.6) is 11.5 Å². The predicted molar refractivity (Wildman–Crippen MR) is 78.4 cm³/mol. The summed E-state index contributed by atoms with van der Waals surface area (Å²) < 4.78 is 15.4. The van der Waals surface area contributed by atoms with Gasteiger partial charge in [-0.1, -0.05) is 6.07 Å². The Labute approximate surface area is 128 Å². The molecule has 0 bridgehead atoms. The second kappa shape index (κ2) is 6.51. The van der Waals surface area contributed by atoms with Crippen molar-refractivity contribution >= 4 is 18.0 Å². The summed E-state index contributed by atoms with van der Waals surface area (Å²) in [6.45, 7) is 1.51. The van der Waals surface area contributed by atoms with Crippen molar-refractivity contribution in [3.8, 4) is 11.5 Å². The summed E-state index contributed by atoms with van der Waals surface area (Å²) >= 11 is 0. The van der Waals surface area contributed by atoms with Crippen LogP contribution in [-0.4, -0.2) is 43.3 Å². The zero-order valence-electron chi connectivity index (χ0n) is 12.1. The molecule has 0 radical (unpaired) electrons. The van der Waals surface area contributed by atoms with Gasteiger partial charge in [-0.15, -0.1) is 0 Å². The van der Waals surface area contributed by atoms with Crippen LogP contribution in [0.3, 0.4) is 0 Å². The number of fused-ring (bicyclic) bond motifs is 1. The van der Waals surface area contributed by atoms with Crippen molar-refractivity contribution in [1.29, 1.82) is 0 Å². The molecule has 2 aliphatic heterocycles. The van der Waals surface area contributed by atoms with Crippen LogP contribution in [0.15, 0.2) is 24.3 Å². The lowest BCUT2D eigenvalue weighted by Gasteiger charge is -2.14. The Balaban J connectivity index is 1.49. The topological polar surface area (TPSA) is 65.1 Å². The molecule has 22 heavy (non-hydrogen) atoms. The molecule has 0 aliphatic carbocycles. The zero-order valence-corrected chi connectivity index (χ0v) is 12.1. The first-order chi connectivity index (χ1) is 10.7. The van der Waals surface area contributed by atoms with E-state index in [4.69, 9.17) is 14.2 Å². The summed E-state index contributed by atoms with van der Waals surface area (Å²) in [6, 6.07) is 5.37. The zero-order chi connectivity index (χ0) is 15.4. The van der Waals surface area contributed by atoms with Gasteiger partial charge in [0.15, 0.2) is 18.1 Å². The molecule has 6 nitrogen and oxygen atoms in total. The van der Waals surface area contributed by atoms with E-state index in [9.17, 15) is 9.59 Å². The highest BCUT2D eigenvalue weighted by Crippen LogP contribution is 2.32. The first-order valence-corrected chi connectivity index (χ1v) is 7.24. The molecule has 6 heteroatoms. The van der Waals surface area contributed by atoms with Crippen molar-refractivity contribution in [2.75, 3.05) is 26.5 Å². The molecule has 0 spiro atoms. The van der Waals surface area contributed by atoms with Crippen molar-refractivity contribution in [1.82, 2.24) is 4.90 Å². The molecule has 0 N–H and O–H groups in total. The van der Waals surface area contributed by atoms with E-state index in [1.54, 1.807) is 23.1 Å². The largest absolute Gasteiger partial charge is 0.454 e. The van der Waals surface area contributed by atoms with Gasteiger partial charge < -0.3 is 19.1 Å². The van der Waals surface area contributed by atoms with E-state index in [-0.39, 0.29) is 19.3 Å². The Kier molecular flexibility index (Phi) is 4.27. The monoisotopic (exact) mass is 303 g/mol. The average Bonchev–Trinajstić information content (AvgIpc) is 3.20. The van der Waals surface area contributed by atoms with Gasteiger partial charge in [0.05, 0.1) is 0 Å². The maximum atomic E-state index is 11.7. The van der Waals surface area contributed by atoms with E-state index in [1.165, 1.54) is 6.08 Å². The molecule has 1 amide bonds. The fraction of sp³-hybridized carbons (Fsp3) is 0.375. The molecule has 116 valence electrons. The first-order valence-electron chi connectivity index (χ1n) is 7.24. The summed E-state index contributed by atoms with van der Waals surface area (Å²) in [5.74, 6) is 0.670. The number of amides is 1. The third kappa shape index (κ3) is 3.39. The van der Waals surface area contributed by atoms with Gasteiger partial charge in [0.1, 0.15) is 0 Å². The molecule has 0 saturated carbocycles. The van der Waals surface area contributed by atoms with E-state index < -0.39 is 5.97 Å². The highest BCUT2D eigenvalue weighted by atomic mass is 16.7. The molecule has 0 atom stereocenters. The Morgan fingerprint density at radius 2 is 1.95 bits per heavy atom. The number of likely N-dealkylation sites (tertiary alicyclic amines) is 1. The molecular weight excluding hydrogens is 286 g/mol. The summed E-state index contributed by atoms with van der Waals surface area (Å²) in [6.07, 6.45) is 4.95. The first kappa shape index (κ1) is 14.4. The van der Waals surface area contributed by atoms with E-state index in [1.807, 2.05) is 6.07 Å². The molecule has 1 aromatic rings. The van der Waals surface area contributed by atoms with Gasteiger partial charge in [-0.25, -0.2) is 4.79 Å². The number of ether oxygens (including phenoxy) is 3. The SMILES string of the molecule is O=C(/C=C/c1ccc2c(c1)OCO2)OCC(=O)N1CCCC1. The van der Waals surface area contributed by atoms with Gasteiger partial charge in [-0.2, -0.15) is 0 Å². The highest BCUT2D eigenvalue weighted by Gasteiger charge is 2.18.